The topological polar surface area (TPSA) is 27.7 Å². The Morgan fingerprint density at radius 3 is 1.98 bits per heavy atom. The minimum atomic E-state index is -0.545. The summed E-state index contributed by atoms with van der Waals surface area (Å²) in [7, 11) is 1.74. The molecule has 0 radical (unpaired) electrons. The minimum Gasteiger partial charge on any atom is -0.497 e. The standard InChI is InChI=1S/C37H36O3/c1-6-39-29-16-12-27(13-17-29)37(28-14-18-30(19-15-28)40-25(4)24(2)3)34-22-11-26-9-7-8-10-32(26)36(34)33-21-20-31(38-5)23-35(33)37/h7-25H,6H2,1-5H3. The SMILES string of the molecule is CCOc1ccc(C2(c3ccc(OC(C)C(C)C)cc3)c3cc(OC)ccc3-c3c2ccc2ccccc32)cc1. The van der Waals surface area contributed by atoms with E-state index >= 15 is 0 Å². The molecule has 0 amide bonds. The third-order valence-electron chi connectivity index (χ3n) is 8.38. The van der Waals surface area contributed by atoms with E-state index in [4.69, 9.17) is 14.2 Å². The summed E-state index contributed by atoms with van der Waals surface area (Å²) in [5.74, 6) is 3.03. The average molecular weight is 529 g/mol. The van der Waals surface area contributed by atoms with Gasteiger partial charge in [0.15, 0.2) is 0 Å². The van der Waals surface area contributed by atoms with Crippen molar-refractivity contribution in [3.63, 3.8) is 0 Å². The lowest BCUT2D eigenvalue weighted by atomic mass is 9.67. The summed E-state index contributed by atoms with van der Waals surface area (Å²) in [6, 6.07) is 37.0. The van der Waals surface area contributed by atoms with Gasteiger partial charge in [0, 0.05) is 0 Å². The van der Waals surface area contributed by atoms with Crippen LogP contribution in [0.2, 0.25) is 0 Å². The smallest absolute Gasteiger partial charge is 0.119 e. The van der Waals surface area contributed by atoms with Crippen molar-refractivity contribution in [1.29, 1.82) is 0 Å². The van der Waals surface area contributed by atoms with E-state index in [9.17, 15) is 0 Å². The van der Waals surface area contributed by atoms with Crippen LogP contribution in [0.3, 0.4) is 0 Å². The van der Waals surface area contributed by atoms with E-state index in [1.807, 2.05) is 6.92 Å². The molecule has 0 fully saturated rings. The van der Waals surface area contributed by atoms with E-state index in [0.29, 0.717) is 12.5 Å². The lowest BCUT2D eigenvalue weighted by molar-refractivity contribution is 0.170. The zero-order chi connectivity index (χ0) is 27.9. The molecule has 5 aromatic rings. The molecule has 1 aliphatic rings. The first-order valence-corrected chi connectivity index (χ1v) is 14.2. The van der Waals surface area contributed by atoms with Gasteiger partial charge in [-0.25, -0.2) is 0 Å². The van der Waals surface area contributed by atoms with Crippen LogP contribution < -0.4 is 14.2 Å². The molecule has 40 heavy (non-hydrogen) atoms. The molecule has 2 atom stereocenters. The quantitative estimate of drug-likeness (QED) is 0.197. The van der Waals surface area contributed by atoms with E-state index in [1.165, 1.54) is 44.2 Å². The zero-order valence-electron chi connectivity index (χ0n) is 23.9. The second-order valence-corrected chi connectivity index (χ2v) is 10.9. The molecule has 1 aliphatic carbocycles. The largest absolute Gasteiger partial charge is 0.497 e. The fraction of sp³-hybridized carbons (Fsp3) is 0.243. The number of hydrogen-bond acceptors (Lipinski definition) is 3. The van der Waals surface area contributed by atoms with Crippen molar-refractivity contribution in [2.75, 3.05) is 13.7 Å². The first-order chi connectivity index (χ1) is 19.5. The number of ether oxygens (including phenoxy) is 3. The summed E-state index contributed by atoms with van der Waals surface area (Å²) in [5, 5.41) is 2.49. The van der Waals surface area contributed by atoms with Gasteiger partial charge in [-0.1, -0.05) is 80.6 Å². The summed E-state index contributed by atoms with van der Waals surface area (Å²) in [6.07, 6.45) is 0.134. The molecular formula is C37H36O3. The number of methoxy groups -OCH3 is 1. The third-order valence-corrected chi connectivity index (χ3v) is 8.38. The molecular weight excluding hydrogens is 492 g/mol. The van der Waals surface area contributed by atoms with Gasteiger partial charge in [0.25, 0.3) is 0 Å². The van der Waals surface area contributed by atoms with Crippen LogP contribution in [-0.2, 0) is 5.41 Å². The van der Waals surface area contributed by atoms with Crippen molar-refractivity contribution in [3.8, 4) is 28.4 Å². The van der Waals surface area contributed by atoms with Crippen molar-refractivity contribution < 1.29 is 14.2 Å². The number of fused-ring (bicyclic) bond motifs is 5. The summed E-state index contributed by atoms with van der Waals surface area (Å²) in [6.45, 7) is 9.14. The Kier molecular flexibility index (Phi) is 6.75. The molecule has 0 saturated carbocycles. The Bertz CT molecular complexity index is 1650. The predicted octanol–water partition coefficient (Wildman–Crippen LogP) is 9.03. The fourth-order valence-corrected chi connectivity index (χ4v) is 6.09. The van der Waals surface area contributed by atoms with Gasteiger partial charge in [-0.3, -0.25) is 0 Å². The highest BCUT2D eigenvalue weighted by molar-refractivity contribution is 6.04. The van der Waals surface area contributed by atoms with Crippen LogP contribution in [0.1, 0.15) is 49.9 Å². The molecule has 0 bridgehead atoms. The Balaban J connectivity index is 1.66. The van der Waals surface area contributed by atoms with E-state index in [1.54, 1.807) is 7.11 Å². The van der Waals surface area contributed by atoms with Crippen LogP contribution in [0.5, 0.6) is 17.2 Å². The Hall–Kier alpha value is -4.24. The second kappa shape index (κ2) is 10.4. The highest BCUT2D eigenvalue weighted by Crippen LogP contribution is 2.58. The number of rotatable bonds is 8. The molecule has 0 spiro atoms. The lowest BCUT2D eigenvalue weighted by Gasteiger charge is -2.34. The normalized spacial score (nSPS) is 16.4. The Labute approximate surface area is 237 Å². The van der Waals surface area contributed by atoms with Gasteiger partial charge in [0.1, 0.15) is 17.2 Å². The van der Waals surface area contributed by atoms with Crippen LogP contribution in [0.25, 0.3) is 21.9 Å². The number of benzene rings is 5. The summed E-state index contributed by atoms with van der Waals surface area (Å²) < 4.78 is 17.9. The molecule has 0 saturated heterocycles. The fourth-order valence-electron chi connectivity index (χ4n) is 6.09. The van der Waals surface area contributed by atoms with Crippen molar-refractivity contribution >= 4 is 10.8 Å². The summed E-state index contributed by atoms with van der Waals surface area (Å²) in [5.41, 5.74) is 6.81. The molecule has 2 unspecified atom stereocenters. The second-order valence-electron chi connectivity index (χ2n) is 10.9. The Morgan fingerprint density at radius 1 is 0.675 bits per heavy atom. The summed E-state index contributed by atoms with van der Waals surface area (Å²) in [4.78, 5) is 0. The van der Waals surface area contributed by atoms with Crippen molar-refractivity contribution in [1.82, 2.24) is 0 Å². The van der Waals surface area contributed by atoms with Gasteiger partial charge in [-0.15, -0.1) is 0 Å². The molecule has 0 heterocycles. The van der Waals surface area contributed by atoms with Gasteiger partial charge in [-0.05, 0) is 100 Å². The van der Waals surface area contributed by atoms with Gasteiger partial charge in [0.2, 0.25) is 0 Å². The average Bonchev–Trinajstić information content (AvgIpc) is 3.28. The number of hydrogen-bond donors (Lipinski definition) is 0. The maximum Gasteiger partial charge on any atom is 0.119 e. The zero-order valence-corrected chi connectivity index (χ0v) is 23.9. The van der Waals surface area contributed by atoms with Gasteiger partial charge < -0.3 is 14.2 Å². The lowest BCUT2D eigenvalue weighted by Crippen LogP contribution is -2.28. The monoisotopic (exact) mass is 528 g/mol. The molecule has 3 nitrogen and oxygen atoms in total. The van der Waals surface area contributed by atoms with Crippen molar-refractivity contribution in [2.24, 2.45) is 5.92 Å². The minimum absolute atomic E-state index is 0.134. The van der Waals surface area contributed by atoms with E-state index in [0.717, 1.165) is 17.2 Å². The van der Waals surface area contributed by atoms with Crippen LogP contribution in [0, 0.1) is 5.92 Å². The molecule has 5 aromatic carbocycles. The van der Waals surface area contributed by atoms with E-state index in [2.05, 4.69) is 124 Å². The predicted molar refractivity (Wildman–Crippen MR) is 164 cm³/mol. The van der Waals surface area contributed by atoms with Crippen LogP contribution in [0.4, 0.5) is 0 Å². The first-order valence-electron chi connectivity index (χ1n) is 14.2. The molecule has 3 heteroatoms. The molecule has 0 aliphatic heterocycles. The van der Waals surface area contributed by atoms with E-state index in [-0.39, 0.29) is 6.10 Å². The third kappa shape index (κ3) is 4.12. The molecule has 0 N–H and O–H groups in total. The highest BCUT2D eigenvalue weighted by Gasteiger charge is 2.47. The van der Waals surface area contributed by atoms with Crippen molar-refractivity contribution in [2.45, 2.75) is 39.2 Å². The van der Waals surface area contributed by atoms with Crippen LogP contribution in [-0.4, -0.2) is 19.8 Å². The maximum atomic E-state index is 6.27. The molecule has 0 aromatic heterocycles. The maximum absolute atomic E-state index is 6.27. The van der Waals surface area contributed by atoms with Gasteiger partial charge >= 0.3 is 0 Å². The van der Waals surface area contributed by atoms with Crippen molar-refractivity contribution in [3.05, 3.63) is 125 Å². The van der Waals surface area contributed by atoms with Crippen LogP contribution in [0.15, 0.2) is 103 Å². The summed E-state index contributed by atoms with van der Waals surface area (Å²) >= 11 is 0. The Morgan fingerprint density at radius 2 is 1.32 bits per heavy atom. The molecule has 202 valence electrons. The first kappa shape index (κ1) is 26.0. The van der Waals surface area contributed by atoms with Crippen LogP contribution >= 0.6 is 0 Å². The van der Waals surface area contributed by atoms with E-state index < -0.39 is 5.41 Å². The highest BCUT2D eigenvalue weighted by atomic mass is 16.5. The van der Waals surface area contributed by atoms with Gasteiger partial charge in [0.05, 0.1) is 25.2 Å². The van der Waals surface area contributed by atoms with Gasteiger partial charge in [-0.2, -0.15) is 0 Å². The molecule has 6 rings (SSSR count).